The van der Waals surface area contributed by atoms with Gasteiger partial charge in [-0.05, 0) is 12.5 Å². The van der Waals surface area contributed by atoms with Crippen molar-refractivity contribution in [3.05, 3.63) is 12.3 Å². The Hall–Kier alpha value is -1.36. The standard InChI is InChI=1S/C10H19N5/c1-4-8(11)7-13-9-5-6-12-10(14-9)15(2)3/h5-6,8H,4,7,11H2,1-3H3,(H,12,13,14). The lowest BCUT2D eigenvalue weighted by atomic mass is 10.2. The maximum Gasteiger partial charge on any atom is 0.226 e. The quantitative estimate of drug-likeness (QED) is 0.747. The molecule has 0 saturated heterocycles. The predicted octanol–water partition coefficient (Wildman–Crippen LogP) is 0.692. The van der Waals surface area contributed by atoms with E-state index in [9.17, 15) is 0 Å². The molecule has 0 radical (unpaired) electrons. The molecule has 0 amide bonds. The third-order valence-corrected chi connectivity index (χ3v) is 2.11. The molecule has 5 heteroatoms. The lowest BCUT2D eigenvalue weighted by molar-refractivity contribution is 0.677. The minimum absolute atomic E-state index is 0.169. The van der Waals surface area contributed by atoms with E-state index in [-0.39, 0.29) is 6.04 Å². The zero-order valence-corrected chi connectivity index (χ0v) is 9.57. The summed E-state index contributed by atoms with van der Waals surface area (Å²) in [6.45, 7) is 2.80. The van der Waals surface area contributed by atoms with Crippen molar-refractivity contribution in [3.63, 3.8) is 0 Å². The molecule has 15 heavy (non-hydrogen) atoms. The second-order valence-corrected chi connectivity index (χ2v) is 3.69. The summed E-state index contributed by atoms with van der Waals surface area (Å²) in [4.78, 5) is 10.3. The Labute approximate surface area is 90.7 Å². The van der Waals surface area contributed by atoms with Crippen LogP contribution >= 0.6 is 0 Å². The van der Waals surface area contributed by atoms with Crippen molar-refractivity contribution in [2.75, 3.05) is 30.9 Å². The average Bonchev–Trinajstić information content (AvgIpc) is 2.26. The maximum absolute atomic E-state index is 5.80. The smallest absolute Gasteiger partial charge is 0.226 e. The summed E-state index contributed by atoms with van der Waals surface area (Å²) in [5.41, 5.74) is 5.80. The molecule has 1 heterocycles. The van der Waals surface area contributed by atoms with E-state index in [0.717, 1.165) is 18.8 Å². The molecule has 1 rings (SSSR count). The first kappa shape index (κ1) is 11.7. The van der Waals surface area contributed by atoms with Gasteiger partial charge in [0.1, 0.15) is 5.82 Å². The molecule has 0 fully saturated rings. The summed E-state index contributed by atoms with van der Waals surface area (Å²) in [7, 11) is 3.83. The lowest BCUT2D eigenvalue weighted by Gasteiger charge is -2.13. The van der Waals surface area contributed by atoms with Crippen LogP contribution in [-0.4, -0.2) is 36.6 Å². The summed E-state index contributed by atoms with van der Waals surface area (Å²) < 4.78 is 0. The minimum Gasteiger partial charge on any atom is -0.368 e. The number of anilines is 2. The molecule has 1 aromatic heterocycles. The van der Waals surface area contributed by atoms with Crippen molar-refractivity contribution in [1.29, 1.82) is 0 Å². The average molecular weight is 209 g/mol. The summed E-state index contributed by atoms with van der Waals surface area (Å²) in [6.07, 6.45) is 2.70. The number of nitrogens with zero attached hydrogens (tertiary/aromatic N) is 3. The molecule has 0 aliphatic heterocycles. The van der Waals surface area contributed by atoms with Crippen LogP contribution in [0.3, 0.4) is 0 Å². The normalized spacial score (nSPS) is 12.3. The van der Waals surface area contributed by atoms with E-state index in [0.29, 0.717) is 5.95 Å². The Morgan fingerprint density at radius 2 is 2.27 bits per heavy atom. The molecular formula is C10H19N5. The van der Waals surface area contributed by atoms with Gasteiger partial charge < -0.3 is 16.0 Å². The minimum atomic E-state index is 0.169. The number of nitrogens with two attached hydrogens (primary N) is 1. The van der Waals surface area contributed by atoms with E-state index in [2.05, 4.69) is 22.2 Å². The van der Waals surface area contributed by atoms with Crippen molar-refractivity contribution in [2.45, 2.75) is 19.4 Å². The van der Waals surface area contributed by atoms with Crippen LogP contribution in [0, 0.1) is 0 Å². The lowest BCUT2D eigenvalue weighted by Crippen LogP contribution is -2.28. The van der Waals surface area contributed by atoms with Crippen LogP contribution in [0.2, 0.25) is 0 Å². The molecule has 0 spiro atoms. The fourth-order valence-corrected chi connectivity index (χ4v) is 1.04. The van der Waals surface area contributed by atoms with Crippen LogP contribution in [0.4, 0.5) is 11.8 Å². The molecule has 0 saturated carbocycles. The predicted molar refractivity (Wildman–Crippen MR) is 63.1 cm³/mol. The molecule has 84 valence electrons. The molecule has 0 bridgehead atoms. The van der Waals surface area contributed by atoms with Gasteiger partial charge >= 0.3 is 0 Å². The molecule has 1 unspecified atom stereocenters. The van der Waals surface area contributed by atoms with Gasteiger partial charge in [0.05, 0.1) is 0 Å². The van der Waals surface area contributed by atoms with E-state index in [1.54, 1.807) is 6.20 Å². The Kier molecular flexibility index (Phi) is 4.30. The molecule has 1 aromatic rings. The highest BCUT2D eigenvalue weighted by Gasteiger charge is 2.02. The van der Waals surface area contributed by atoms with Crippen molar-refractivity contribution >= 4 is 11.8 Å². The third kappa shape index (κ3) is 3.71. The number of hydrogen-bond donors (Lipinski definition) is 2. The van der Waals surface area contributed by atoms with Crippen molar-refractivity contribution in [2.24, 2.45) is 5.73 Å². The summed E-state index contributed by atoms with van der Waals surface area (Å²) in [5.74, 6) is 1.52. The van der Waals surface area contributed by atoms with Gasteiger partial charge in [-0.2, -0.15) is 4.98 Å². The van der Waals surface area contributed by atoms with E-state index in [1.165, 1.54) is 0 Å². The zero-order chi connectivity index (χ0) is 11.3. The van der Waals surface area contributed by atoms with E-state index in [1.807, 2.05) is 25.1 Å². The van der Waals surface area contributed by atoms with Gasteiger partial charge in [-0.1, -0.05) is 6.92 Å². The summed E-state index contributed by atoms with van der Waals surface area (Å²) >= 11 is 0. The molecule has 5 nitrogen and oxygen atoms in total. The van der Waals surface area contributed by atoms with Crippen molar-refractivity contribution < 1.29 is 0 Å². The van der Waals surface area contributed by atoms with E-state index in [4.69, 9.17) is 5.73 Å². The van der Waals surface area contributed by atoms with Crippen LogP contribution in [0.15, 0.2) is 12.3 Å². The van der Waals surface area contributed by atoms with Crippen LogP contribution in [0.5, 0.6) is 0 Å². The second kappa shape index (κ2) is 5.50. The Bertz CT molecular complexity index is 300. The molecule has 0 aromatic carbocycles. The Morgan fingerprint density at radius 1 is 1.53 bits per heavy atom. The molecule has 3 N–H and O–H groups in total. The van der Waals surface area contributed by atoms with Gasteiger partial charge in [0.2, 0.25) is 5.95 Å². The summed E-state index contributed by atoms with van der Waals surface area (Å²) in [6, 6.07) is 2.01. The molecule has 1 atom stereocenters. The van der Waals surface area contributed by atoms with E-state index < -0.39 is 0 Å². The summed E-state index contributed by atoms with van der Waals surface area (Å²) in [5, 5.41) is 3.19. The van der Waals surface area contributed by atoms with Gasteiger partial charge in [0, 0.05) is 32.9 Å². The highest BCUT2D eigenvalue weighted by Crippen LogP contribution is 2.07. The van der Waals surface area contributed by atoms with Crippen LogP contribution < -0.4 is 16.0 Å². The number of hydrogen-bond acceptors (Lipinski definition) is 5. The Morgan fingerprint density at radius 3 is 2.87 bits per heavy atom. The molecular weight excluding hydrogens is 190 g/mol. The first-order valence-electron chi connectivity index (χ1n) is 5.13. The van der Waals surface area contributed by atoms with Crippen molar-refractivity contribution in [1.82, 2.24) is 9.97 Å². The highest BCUT2D eigenvalue weighted by atomic mass is 15.2. The number of aromatic nitrogens is 2. The van der Waals surface area contributed by atoms with Crippen LogP contribution in [-0.2, 0) is 0 Å². The highest BCUT2D eigenvalue weighted by molar-refractivity contribution is 5.40. The first-order chi connectivity index (χ1) is 7.13. The number of rotatable bonds is 5. The fraction of sp³-hybridized carbons (Fsp3) is 0.600. The van der Waals surface area contributed by atoms with Gasteiger partial charge in [-0.3, -0.25) is 0 Å². The van der Waals surface area contributed by atoms with Gasteiger partial charge in [-0.15, -0.1) is 0 Å². The SMILES string of the molecule is CCC(N)CNc1ccnc(N(C)C)n1. The fourth-order valence-electron chi connectivity index (χ4n) is 1.04. The largest absolute Gasteiger partial charge is 0.368 e. The number of nitrogens with one attached hydrogen (secondary N) is 1. The second-order valence-electron chi connectivity index (χ2n) is 3.69. The first-order valence-corrected chi connectivity index (χ1v) is 5.13. The van der Waals surface area contributed by atoms with Gasteiger partial charge in [0.25, 0.3) is 0 Å². The topological polar surface area (TPSA) is 67.1 Å². The zero-order valence-electron chi connectivity index (χ0n) is 9.57. The molecule has 0 aliphatic carbocycles. The van der Waals surface area contributed by atoms with Crippen molar-refractivity contribution in [3.8, 4) is 0 Å². The van der Waals surface area contributed by atoms with E-state index >= 15 is 0 Å². The van der Waals surface area contributed by atoms with Gasteiger partial charge in [0.15, 0.2) is 0 Å². The Balaban J connectivity index is 2.58. The van der Waals surface area contributed by atoms with Gasteiger partial charge in [-0.25, -0.2) is 4.98 Å². The molecule has 0 aliphatic rings. The monoisotopic (exact) mass is 209 g/mol. The van der Waals surface area contributed by atoms with Crippen LogP contribution in [0.25, 0.3) is 0 Å². The maximum atomic E-state index is 5.80. The van der Waals surface area contributed by atoms with Crippen LogP contribution in [0.1, 0.15) is 13.3 Å². The third-order valence-electron chi connectivity index (χ3n) is 2.11.